The minimum atomic E-state index is -0.301. The summed E-state index contributed by atoms with van der Waals surface area (Å²) in [6.07, 6.45) is 0.631. The van der Waals surface area contributed by atoms with Crippen LogP contribution in [-0.2, 0) is 11.2 Å². The van der Waals surface area contributed by atoms with E-state index in [2.05, 4.69) is 0 Å². The highest BCUT2D eigenvalue weighted by Gasteiger charge is 2.28. The molecule has 3 rings (SSSR count). The summed E-state index contributed by atoms with van der Waals surface area (Å²) in [5.41, 5.74) is 1.04. The Morgan fingerprint density at radius 1 is 1.14 bits per heavy atom. The van der Waals surface area contributed by atoms with Gasteiger partial charge in [0.05, 0.1) is 12.5 Å². The predicted octanol–water partition coefficient (Wildman–Crippen LogP) is 3.24. The molecule has 0 amide bonds. The molecule has 0 bridgehead atoms. The lowest BCUT2D eigenvalue weighted by Crippen LogP contribution is -2.31. The summed E-state index contributed by atoms with van der Waals surface area (Å²) in [6, 6.07) is 15.0. The van der Waals surface area contributed by atoms with Gasteiger partial charge in [0, 0.05) is 0 Å². The molecule has 114 valence electrons. The summed E-state index contributed by atoms with van der Waals surface area (Å²) >= 11 is 0. The zero-order valence-electron chi connectivity index (χ0n) is 12.5. The molecule has 22 heavy (non-hydrogen) atoms. The van der Waals surface area contributed by atoms with Crippen LogP contribution in [0.25, 0.3) is 0 Å². The second kappa shape index (κ2) is 6.52. The zero-order chi connectivity index (χ0) is 15.4. The number of rotatable bonds is 4. The fourth-order valence-electron chi connectivity index (χ4n) is 2.48. The lowest BCUT2D eigenvalue weighted by Gasteiger charge is -2.24. The summed E-state index contributed by atoms with van der Waals surface area (Å²) in [7, 11) is 0. The van der Waals surface area contributed by atoms with Gasteiger partial charge in [-0.15, -0.1) is 0 Å². The fourth-order valence-corrected chi connectivity index (χ4v) is 2.48. The number of esters is 1. The monoisotopic (exact) mass is 298 g/mol. The summed E-state index contributed by atoms with van der Waals surface area (Å²) in [6.45, 7) is 2.76. The first-order chi connectivity index (χ1) is 10.8. The minimum absolute atomic E-state index is 0.290. The van der Waals surface area contributed by atoms with Gasteiger partial charge in [0.2, 0.25) is 0 Å². The van der Waals surface area contributed by atoms with Crippen molar-refractivity contribution in [2.24, 2.45) is 5.92 Å². The average molecular weight is 298 g/mol. The molecule has 1 atom stereocenters. The van der Waals surface area contributed by atoms with E-state index in [0.717, 1.165) is 11.3 Å². The highest BCUT2D eigenvalue weighted by atomic mass is 16.6. The minimum Gasteiger partial charge on any atom is -0.492 e. The Hall–Kier alpha value is -2.49. The number of hydrogen-bond acceptors (Lipinski definition) is 4. The van der Waals surface area contributed by atoms with Crippen LogP contribution >= 0.6 is 0 Å². The Morgan fingerprint density at radius 3 is 2.68 bits per heavy atom. The third-order valence-corrected chi connectivity index (χ3v) is 3.57. The zero-order valence-corrected chi connectivity index (χ0v) is 12.5. The summed E-state index contributed by atoms with van der Waals surface area (Å²) in [5.74, 6) is 1.29. The summed E-state index contributed by atoms with van der Waals surface area (Å²) < 4.78 is 16.6. The van der Waals surface area contributed by atoms with Crippen molar-refractivity contribution in [3.05, 3.63) is 54.1 Å². The largest absolute Gasteiger partial charge is 0.492 e. The number of fused-ring (bicyclic) bond motifs is 1. The van der Waals surface area contributed by atoms with Gasteiger partial charge in [-0.05, 0) is 37.1 Å². The quantitative estimate of drug-likeness (QED) is 0.642. The topological polar surface area (TPSA) is 44.8 Å². The maximum Gasteiger partial charge on any atom is 0.318 e. The molecule has 0 radical (unpaired) electrons. The van der Waals surface area contributed by atoms with Crippen LogP contribution in [0.3, 0.4) is 0 Å². The van der Waals surface area contributed by atoms with Crippen LogP contribution in [-0.4, -0.2) is 19.2 Å². The third kappa shape index (κ3) is 3.06. The van der Waals surface area contributed by atoms with Gasteiger partial charge < -0.3 is 14.2 Å². The van der Waals surface area contributed by atoms with Gasteiger partial charge in [-0.1, -0.05) is 30.3 Å². The van der Waals surface area contributed by atoms with Crippen molar-refractivity contribution in [1.82, 2.24) is 0 Å². The van der Waals surface area contributed by atoms with Crippen LogP contribution in [0, 0.1) is 5.92 Å². The van der Waals surface area contributed by atoms with E-state index in [9.17, 15) is 4.79 Å². The van der Waals surface area contributed by atoms with Crippen molar-refractivity contribution < 1.29 is 19.0 Å². The molecule has 2 aromatic carbocycles. The molecule has 1 heterocycles. The SMILES string of the molecule is CCOc1ccccc1OC(=O)C1COc2ccccc2C1. The van der Waals surface area contributed by atoms with Crippen molar-refractivity contribution in [3.63, 3.8) is 0 Å². The number of benzene rings is 2. The van der Waals surface area contributed by atoms with Crippen LogP contribution in [0.5, 0.6) is 17.2 Å². The number of carbonyl (C=O) groups is 1. The van der Waals surface area contributed by atoms with E-state index in [4.69, 9.17) is 14.2 Å². The van der Waals surface area contributed by atoms with Gasteiger partial charge in [-0.3, -0.25) is 4.79 Å². The molecular formula is C18H18O4. The van der Waals surface area contributed by atoms with E-state index < -0.39 is 0 Å². The maximum absolute atomic E-state index is 12.4. The van der Waals surface area contributed by atoms with Crippen LogP contribution in [0.2, 0.25) is 0 Å². The summed E-state index contributed by atoms with van der Waals surface area (Å²) in [5, 5.41) is 0. The molecule has 0 N–H and O–H groups in total. The Bertz CT molecular complexity index is 666. The average Bonchev–Trinajstić information content (AvgIpc) is 2.56. The van der Waals surface area contributed by atoms with Gasteiger partial charge in [0.25, 0.3) is 0 Å². The molecule has 0 spiro atoms. The lowest BCUT2D eigenvalue weighted by atomic mass is 9.97. The Balaban J connectivity index is 1.71. The molecule has 2 aromatic rings. The fraction of sp³-hybridized carbons (Fsp3) is 0.278. The Labute approximate surface area is 129 Å². The first-order valence-corrected chi connectivity index (χ1v) is 7.42. The Kier molecular flexibility index (Phi) is 4.28. The molecule has 0 saturated heterocycles. The van der Waals surface area contributed by atoms with Gasteiger partial charge in [0.15, 0.2) is 11.5 Å². The highest BCUT2D eigenvalue weighted by Crippen LogP contribution is 2.30. The second-order valence-corrected chi connectivity index (χ2v) is 5.12. The molecule has 0 aromatic heterocycles. The highest BCUT2D eigenvalue weighted by molar-refractivity contribution is 5.77. The van der Waals surface area contributed by atoms with Gasteiger partial charge in [-0.2, -0.15) is 0 Å². The van der Waals surface area contributed by atoms with Crippen molar-refractivity contribution in [2.75, 3.05) is 13.2 Å². The predicted molar refractivity (Wildman–Crippen MR) is 82.4 cm³/mol. The van der Waals surface area contributed by atoms with Crippen molar-refractivity contribution in [3.8, 4) is 17.2 Å². The van der Waals surface area contributed by atoms with Gasteiger partial charge >= 0.3 is 5.97 Å². The molecule has 4 heteroatoms. The van der Waals surface area contributed by atoms with Gasteiger partial charge in [0.1, 0.15) is 12.4 Å². The van der Waals surface area contributed by atoms with Crippen molar-refractivity contribution in [1.29, 1.82) is 0 Å². The van der Waals surface area contributed by atoms with Crippen LogP contribution in [0.4, 0.5) is 0 Å². The molecule has 1 aliphatic heterocycles. The molecular weight excluding hydrogens is 280 g/mol. The van der Waals surface area contributed by atoms with Crippen molar-refractivity contribution in [2.45, 2.75) is 13.3 Å². The molecule has 0 fully saturated rings. The van der Waals surface area contributed by atoms with Crippen LogP contribution in [0.1, 0.15) is 12.5 Å². The normalized spacial score (nSPS) is 16.3. The van der Waals surface area contributed by atoms with E-state index in [-0.39, 0.29) is 11.9 Å². The molecule has 4 nitrogen and oxygen atoms in total. The molecule has 1 aliphatic rings. The first kappa shape index (κ1) is 14.4. The van der Waals surface area contributed by atoms with E-state index in [1.807, 2.05) is 43.3 Å². The van der Waals surface area contributed by atoms with Crippen LogP contribution < -0.4 is 14.2 Å². The number of para-hydroxylation sites is 3. The van der Waals surface area contributed by atoms with Crippen molar-refractivity contribution >= 4 is 5.97 Å². The first-order valence-electron chi connectivity index (χ1n) is 7.42. The standard InChI is InChI=1S/C18H18O4/c1-2-20-16-9-5-6-10-17(16)22-18(19)14-11-13-7-3-4-8-15(13)21-12-14/h3-10,14H,2,11-12H2,1H3. The van der Waals surface area contributed by atoms with E-state index in [1.165, 1.54) is 0 Å². The Morgan fingerprint density at radius 2 is 1.86 bits per heavy atom. The number of hydrogen-bond donors (Lipinski definition) is 0. The van der Waals surface area contributed by atoms with E-state index in [1.54, 1.807) is 12.1 Å². The van der Waals surface area contributed by atoms with Gasteiger partial charge in [-0.25, -0.2) is 0 Å². The molecule has 0 aliphatic carbocycles. The van der Waals surface area contributed by atoms with Crippen LogP contribution in [0.15, 0.2) is 48.5 Å². The maximum atomic E-state index is 12.4. The van der Waals surface area contributed by atoms with E-state index in [0.29, 0.717) is 31.1 Å². The number of carbonyl (C=O) groups excluding carboxylic acids is 1. The molecule has 1 unspecified atom stereocenters. The van der Waals surface area contributed by atoms with E-state index >= 15 is 0 Å². The lowest BCUT2D eigenvalue weighted by molar-refractivity contribution is -0.140. The smallest absolute Gasteiger partial charge is 0.318 e. The summed E-state index contributed by atoms with van der Waals surface area (Å²) in [4.78, 5) is 12.4. The third-order valence-electron chi connectivity index (χ3n) is 3.57. The second-order valence-electron chi connectivity index (χ2n) is 5.12. The number of ether oxygens (including phenoxy) is 3. The molecule has 0 saturated carbocycles.